The zero-order valence-corrected chi connectivity index (χ0v) is 17.9. The summed E-state index contributed by atoms with van der Waals surface area (Å²) < 4.78 is 22.3. The Labute approximate surface area is 189 Å². The lowest BCUT2D eigenvalue weighted by atomic mass is 9.84. The van der Waals surface area contributed by atoms with Crippen LogP contribution < -0.4 is 22.9 Å². The third-order valence-electron chi connectivity index (χ3n) is 6.51. The van der Waals surface area contributed by atoms with Crippen LogP contribution in [0.25, 0.3) is 0 Å². The van der Waals surface area contributed by atoms with Gasteiger partial charge in [-0.2, -0.15) is 0 Å². The molecule has 2 aliphatic heterocycles. The van der Waals surface area contributed by atoms with Crippen molar-refractivity contribution in [2.24, 2.45) is 22.9 Å². The SMILES string of the molecule is N[C@@H]1[C@H](O)[C@@H](O[C@H]2[C@H](O)[C@H](O[C@H]3O[C@H](CO)[C@@H](O)[C@H](O)[C@H]3N)[C@@H](N)C[C@@H]2N)O[C@H](CO)[C@H]1O. The van der Waals surface area contributed by atoms with Crippen molar-refractivity contribution in [1.82, 2.24) is 0 Å². The van der Waals surface area contributed by atoms with E-state index in [1.807, 2.05) is 0 Å². The fraction of sp³-hybridized carbons (Fsp3) is 1.00. The van der Waals surface area contributed by atoms with Crippen molar-refractivity contribution >= 4 is 0 Å². The quantitative estimate of drug-likeness (QED) is 0.167. The van der Waals surface area contributed by atoms with Gasteiger partial charge in [0.05, 0.1) is 25.3 Å². The lowest BCUT2D eigenvalue weighted by molar-refractivity contribution is -0.320. The van der Waals surface area contributed by atoms with E-state index < -0.39 is 105 Å². The second kappa shape index (κ2) is 11.0. The maximum atomic E-state index is 11.0. The van der Waals surface area contributed by atoms with Crippen LogP contribution in [0.2, 0.25) is 0 Å². The van der Waals surface area contributed by atoms with Gasteiger partial charge in [-0.1, -0.05) is 0 Å². The molecule has 3 fully saturated rings. The van der Waals surface area contributed by atoms with Crippen LogP contribution in [0.3, 0.4) is 0 Å². The van der Waals surface area contributed by atoms with E-state index in [4.69, 9.17) is 41.9 Å². The molecule has 0 spiro atoms. The van der Waals surface area contributed by atoms with E-state index in [1.165, 1.54) is 0 Å². The highest BCUT2D eigenvalue weighted by Gasteiger charge is 2.51. The minimum absolute atomic E-state index is 0.101. The van der Waals surface area contributed by atoms with Gasteiger partial charge in [-0.15, -0.1) is 0 Å². The average molecular weight is 485 g/mol. The highest BCUT2D eigenvalue weighted by molar-refractivity contribution is 5.01. The Morgan fingerprint density at radius 2 is 1.09 bits per heavy atom. The zero-order valence-electron chi connectivity index (χ0n) is 17.9. The van der Waals surface area contributed by atoms with E-state index in [-0.39, 0.29) is 6.42 Å². The number of ether oxygens (including phenoxy) is 4. The first kappa shape index (κ1) is 27.0. The maximum Gasteiger partial charge on any atom is 0.186 e. The molecule has 33 heavy (non-hydrogen) atoms. The molecule has 0 unspecified atom stereocenters. The van der Waals surface area contributed by atoms with E-state index in [0.717, 1.165) is 0 Å². The van der Waals surface area contributed by atoms with Crippen LogP contribution in [0.5, 0.6) is 0 Å². The van der Waals surface area contributed by atoms with Gasteiger partial charge in [0.25, 0.3) is 0 Å². The smallest absolute Gasteiger partial charge is 0.186 e. The van der Waals surface area contributed by atoms with Gasteiger partial charge < -0.3 is 77.6 Å². The molecule has 0 aromatic heterocycles. The minimum atomic E-state index is -1.49. The van der Waals surface area contributed by atoms with E-state index in [0.29, 0.717) is 0 Å². The Balaban J connectivity index is 1.72. The van der Waals surface area contributed by atoms with Crippen LogP contribution in [-0.4, -0.2) is 141 Å². The average Bonchev–Trinajstić information content (AvgIpc) is 2.79. The molecular weight excluding hydrogens is 448 g/mol. The summed E-state index contributed by atoms with van der Waals surface area (Å²) in [7, 11) is 0. The molecule has 194 valence electrons. The van der Waals surface area contributed by atoms with Crippen LogP contribution >= 0.6 is 0 Å². The summed E-state index contributed by atoms with van der Waals surface area (Å²) in [4.78, 5) is 0. The topological polar surface area (TPSA) is 283 Å². The monoisotopic (exact) mass is 484 g/mol. The molecule has 1 aliphatic carbocycles. The molecule has 3 aliphatic rings. The molecule has 0 bridgehead atoms. The van der Waals surface area contributed by atoms with Crippen molar-refractivity contribution in [1.29, 1.82) is 0 Å². The molecule has 0 amide bonds. The number of hydrogen-bond acceptors (Lipinski definition) is 15. The van der Waals surface area contributed by atoms with Gasteiger partial charge in [-0.05, 0) is 6.42 Å². The molecule has 2 saturated heterocycles. The predicted octanol–water partition coefficient (Wildman–Crippen LogP) is -7.29. The fourth-order valence-corrected chi connectivity index (χ4v) is 4.40. The summed E-state index contributed by atoms with van der Waals surface area (Å²) in [6, 6.07) is -4.04. The largest absolute Gasteiger partial charge is 0.394 e. The molecule has 0 radical (unpaired) electrons. The van der Waals surface area contributed by atoms with Crippen molar-refractivity contribution < 1.29 is 54.7 Å². The third kappa shape index (κ3) is 5.32. The Bertz CT molecular complexity index is 584. The Kier molecular flexibility index (Phi) is 8.99. The summed E-state index contributed by atoms with van der Waals surface area (Å²) in [5.74, 6) is 0. The lowest BCUT2D eigenvalue weighted by Gasteiger charge is -2.48. The second-order valence-electron chi connectivity index (χ2n) is 8.82. The number of aliphatic hydroxyl groups is 7. The van der Waals surface area contributed by atoms with Crippen LogP contribution in [0.15, 0.2) is 0 Å². The third-order valence-corrected chi connectivity index (χ3v) is 6.51. The molecule has 3 rings (SSSR count). The van der Waals surface area contributed by atoms with Gasteiger partial charge in [0.2, 0.25) is 0 Å². The Morgan fingerprint density at radius 3 is 1.64 bits per heavy atom. The van der Waals surface area contributed by atoms with Crippen LogP contribution in [0, 0.1) is 0 Å². The first-order valence-corrected chi connectivity index (χ1v) is 10.8. The van der Waals surface area contributed by atoms with E-state index in [9.17, 15) is 35.7 Å². The summed E-state index contributed by atoms with van der Waals surface area (Å²) in [6.07, 6.45) is -14.5. The molecule has 1 saturated carbocycles. The van der Waals surface area contributed by atoms with Crippen LogP contribution in [0.1, 0.15) is 6.42 Å². The first-order chi connectivity index (χ1) is 15.5. The Hall–Kier alpha value is -0.600. The predicted molar refractivity (Wildman–Crippen MR) is 108 cm³/mol. The van der Waals surface area contributed by atoms with Gasteiger partial charge in [0.15, 0.2) is 12.6 Å². The number of rotatable bonds is 6. The number of aliphatic hydroxyl groups excluding tert-OH is 7. The van der Waals surface area contributed by atoms with Crippen molar-refractivity contribution in [3.8, 4) is 0 Å². The van der Waals surface area contributed by atoms with Gasteiger partial charge in [0, 0.05) is 12.1 Å². The Morgan fingerprint density at radius 1 is 0.606 bits per heavy atom. The molecule has 15 N–H and O–H groups in total. The highest BCUT2D eigenvalue weighted by Crippen LogP contribution is 2.30. The normalized spacial score (nSPS) is 53.7. The summed E-state index contributed by atoms with van der Waals surface area (Å²) in [5.41, 5.74) is 23.9. The summed E-state index contributed by atoms with van der Waals surface area (Å²) in [6.45, 7) is -1.20. The van der Waals surface area contributed by atoms with Crippen molar-refractivity contribution in [2.75, 3.05) is 13.2 Å². The first-order valence-electron chi connectivity index (χ1n) is 10.8. The molecule has 0 aromatic carbocycles. The summed E-state index contributed by atoms with van der Waals surface area (Å²) >= 11 is 0. The standard InChI is InChI=1S/C18H36N4O11/c19-4-1-5(20)16(33-18-13(28)8(21)10(25)6(2-23)31-18)14(29)15(4)32-17-9(22)12(27)11(26)7(3-24)30-17/h4-18,23-29H,1-3,19-22H2/t4-,5-,6+,7+,8-,9+,10+,11+,12+,13-,14+,15+,16+,17+,18+/m0/s1. The van der Waals surface area contributed by atoms with Gasteiger partial charge in [-0.3, -0.25) is 0 Å². The van der Waals surface area contributed by atoms with Crippen molar-refractivity contribution in [3.63, 3.8) is 0 Å². The van der Waals surface area contributed by atoms with Gasteiger partial charge in [0.1, 0.15) is 54.9 Å². The molecule has 0 aromatic rings. The van der Waals surface area contributed by atoms with Crippen molar-refractivity contribution in [2.45, 2.75) is 98.1 Å². The van der Waals surface area contributed by atoms with E-state index in [2.05, 4.69) is 0 Å². The maximum absolute atomic E-state index is 11.0. The van der Waals surface area contributed by atoms with Gasteiger partial charge in [-0.25, -0.2) is 0 Å². The number of hydrogen-bond donors (Lipinski definition) is 11. The van der Waals surface area contributed by atoms with Crippen LogP contribution in [-0.2, 0) is 18.9 Å². The highest BCUT2D eigenvalue weighted by atomic mass is 16.7. The molecule has 2 heterocycles. The fourth-order valence-electron chi connectivity index (χ4n) is 4.40. The van der Waals surface area contributed by atoms with E-state index >= 15 is 0 Å². The van der Waals surface area contributed by atoms with E-state index in [1.54, 1.807) is 0 Å². The molecule has 15 heteroatoms. The molecule has 15 atom stereocenters. The molecular formula is C18H36N4O11. The number of nitrogens with two attached hydrogens (primary N) is 4. The second-order valence-corrected chi connectivity index (χ2v) is 8.82. The zero-order chi connectivity index (χ0) is 24.6. The van der Waals surface area contributed by atoms with Gasteiger partial charge >= 0.3 is 0 Å². The molecule has 15 nitrogen and oxygen atoms in total. The summed E-state index contributed by atoms with van der Waals surface area (Å²) in [5, 5.41) is 70.1. The van der Waals surface area contributed by atoms with Crippen molar-refractivity contribution in [3.05, 3.63) is 0 Å². The van der Waals surface area contributed by atoms with Crippen LogP contribution in [0.4, 0.5) is 0 Å². The minimum Gasteiger partial charge on any atom is -0.394 e. The lowest BCUT2D eigenvalue weighted by Crippen LogP contribution is -2.69.